The third-order valence-electron chi connectivity index (χ3n) is 2.41. The number of ether oxygens (including phenoxy) is 1. The van der Waals surface area contributed by atoms with Gasteiger partial charge in [0.15, 0.2) is 5.75 Å². The van der Waals surface area contributed by atoms with Gasteiger partial charge in [0.2, 0.25) is 0 Å². The van der Waals surface area contributed by atoms with Crippen molar-refractivity contribution in [2.75, 3.05) is 5.73 Å². The average molecular weight is 245 g/mol. The number of benzene rings is 1. The predicted molar refractivity (Wildman–Crippen MR) is 66.6 cm³/mol. The first kappa shape index (κ1) is 11.8. The van der Waals surface area contributed by atoms with Gasteiger partial charge in [-0.2, -0.15) is 0 Å². The Morgan fingerprint density at radius 2 is 2.11 bits per heavy atom. The van der Waals surface area contributed by atoms with Gasteiger partial charge in [0, 0.05) is 18.3 Å². The summed E-state index contributed by atoms with van der Waals surface area (Å²) in [6.45, 7) is 1.80. The molecule has 2 aromatic rings. The normalized spacial score (nSPS) is 10.1. The van der Waals surface area contributed by atoms with Gasteiger partial charge < -0.3 is 10.5 Å². The number of aryl methyl sites for hydroxylation is 1. The maximum atomic E-state index is 10.7. The molecule has 0 saturated heterocycles. The van der Waals surface area contributed by atoms with Crippen molar-refractivity contribution in [2.24, 2.45) is 0 Å². The van der Waals surface area contributed by atoms with E-state index in [4.69, 9.17) is 10.5 Å². The summed E-state index contributed by atoms with van der Waals surface area (Å²) in [5.74, 6) is 0.829. The topological polar surface area (TPSA) is 91.3 Å². The quantitative estimate of drug-likeness (QED) is 0.663. The molecule has 0 atom stereocenters. The Balaban J connectivity index is 2.37. The molecule has 1 aromatic heterocycles. The number of nitro benzene ring substituents is 1. The zero-order valence-corrected chi connectivity index (χ0v) is 9.66. The predicted octanol–water partition coefficient (Wildman–Crippen LogP) is 2.67. The molecule has 1 aromatic carbocycles. The van der Waals surface area contributed by atoms with Crippen molar-refractivity contribution >= 4 is 11.4 Å². The Bertz CT molecular complexity index is 599. The molecule has 0 radical (unpaired) electrons. The molecule has 0 spiro atoms. The van der Waals surface area contributed by atoms with Crippen LogP contribution in [0.25, 0.3) is 0 Å². The van der Waals surface area contributed by atoms with Crippen LogP contribution in [0.2, 0.25) is 0 Å². The van der Waals surface area contributed by atoms with E-state index in [1.807, 2.05) is 0 Å². The number of rotatable bonds is 3. The fourth-order valence-electron chi connectivity index (χ4n) is 1.42. The standard InChI is InChI=1S/C12H11N3O3/c1-8-2-3-9(15(16)17)6-12(8)18-11-4-5-14-7-10(11)13/h2-7H,13H2,1H3. The number of pyridine rings is 1. The molecule has 0 aliphatic rings. The summed E-state index contributed by atoms with van der Waals surface area (Å²) in [5, 5.41) is 10.7. The van der Waals surface area contributed by atoms with Crippen LogP contribution in [0.1, 0.15) is 5.56 Å². The number of nitrogens with two attached hydrogens (primary N) is 1. The van der Waals surface area contributed by atoms with E-state index in [0.717, 1.165) is 5.56 Å². The molecule has 92 valence electrons. The maximum absolute atomic E-state index is 10.7. The second kappa shape index (κ2) is 4.70. The Morgan fingerprint density at radius 3 is 2.78 bits per heavy atom. The molecule has 18 heavy (non-hydrogen) atoms. The molecule has 2 rings (SSSR count). The molecule has 0 amide bonds. The maximum Gasteiger partial charge on any atom is 0.273 e. The van der Waals surface area contributed by atoms with Crippen LogP contribution in [0.5, 0.6) is 11.5 Å². The van der Waals surface area contributed by atoms with E-state index in [9.17, 15) is 10.1 Å². The zero-order valence-electron chi connectivity index (χ0n) is 9.66. The lowest BCUT2D eigenvalue weighted by Gasteiger charge is -2.09. The summed E-state index contributed by atoms with van der Waals surface area (Å²) in [5.41, 5.74) is 6.84. The fourth-order valence-corrected chi connectivity index (χ4v) is 1.42. The second-order valence-corrected chi connectivity index (χ2v) is 3.72. The van der Waals surface area contributed by atoms with Crippen molar-refractivity contribution in [1.29, 1.82) is 0 Å². The monoisotopic (exact) mass is 245 g/mol. The van der Waals surface area contributed by atoms with E-state index in [1.54, 1.807) is 25.3 Å². The number of hydrogen-bond donors (Lipinski definition) is 1. The van der Waals surface area contributed by atoms with Gasteiger partial charge in [0.25, 0.3) is 5.69 Å². The molecular weight excluding hydrogens is 234 g/mol. The summed E-state index contributed by atoms with van der Waals surface area (Å²) in [6, 6.07) is 6.03. The van der Waals surface area contributed by atoms with Gasteiger partial charge >= 0.3 is 0 Å². The van der Waals surface area contributed by atoms with E-state index in [0.29, 0.717) is 17.2 Å². The molecule has 0 aliphatic heterocycles. The van der Waals surface area contributed by atoms with E-state index >= 15 is 0 Å². The first-order chi connectivity index (χ1) is 8.58. The summed E-state index contributed by atoms with van der Waals surface area (Å²) in [6.07, 6.45) is 3.00. The number of anilines is 1. The first-order valence-corrected chi connectivity index (χ1v) is 5.20. The van der Waals surface area contributed by atoms with Crippen LogP contribution < -0.4 is 10.5 Å². The first-order valence-electron chi connectivity index (χ1n) is 5.20. The highest BCUT2D eigenvalue weighted by atomic mass is 16.6. The molecule has 0 bridgehead atoms. The summed E-state index contributed by atoms with van der Waals surface area (Å²) < 4.78 is 5.56. The number of nitrogens with zero attached hydrogens (tertiary/aromatic N) is 2. The highest BCUT2D eigenvalue weighted by molar-refractivity contribution is 5.53. The molecule has 6 nitrogen and oxygen atoms in total. The zero-order chi connectivity index (χ0) is 13.1. The SMILES string of the molecule is Cc1ccc([N+](=O)[O-])cc1Oc1ccncc1N. The Morgan fingerprint density at radius 1 is 1.33 bits per heavy atom. The smallest absolute Gasteiger partial charge is 0.273 e. The van der Waals surface area contributed by atoms with Crippen LogP contribution in [0.3, 0.4) is 0 Å². The van der Waals surface area contributed by atoms with Gasteiger partial charge in [-0.15, -0.1) is 0 Å². The van der Waals surface area contributed by atoms with Crippen molar-refractivity contribution in [3.05, 3.63) is 52.3 Å². The molecular formula is C12H11N3O3. The van der Waals surface area contributed by atoms with Gasteiger partial charge in [-0.25, -0.2) is 0 Å². The highest BCUT2D eigenvalue weighted by Gasteiger charge is 2.11. The minimum absolute atomic E-state index is 0.0248. The molecule has 6 heteroatoms. The van der Waals surface area contributed by atoms with E-state index in [2.05, 4.69) is 4.98 Å². The average Bonchev–Trinajstić information content (AvgIpc) is 2.34. The number of non-ortho nitro benzene ring substituents is 1. The second-order valence-electron chi connectivity index (χ2n) is 3.72. The minimum atomic E-state index is -0.470. The lowest BCUT2D eigenvalue weighted by molar-refractivity contribution is -0.384. The molecule has 0 unspecified atom stereocenters. The largest absolute Gasteiger partial charge is 0.455 e. The van der Waals surface area contributed by atoms with Gasteiger partial charge in [-0.3, -0.25) is 15.1 Å². The Labute approximate surface area is 103 Å². The van der Waals surface area contributed by atoms with Crippen molar-refractivity contribution in [1.82, 2.24) is 4.98 Å². The van der Waals surface area contributed by atoms with Crippen molar-refractivity contribution in [2.45, 2.75) is 6.92 Å². The van der Waals surface area contributed by atoms with Gasteiger partial charge in [-0.05, 0) is 18.6 Å². The molecule has 0 fully saturated rings. The van der Waals surface area contributed by atoms with Gasteiger partial charge in [-0.1, -0.05) is 0 Å². The highest BCUT2D eigenvalue weighted by Crippen LogP contribution is 2.31. The Hall–Kier alpha value is -2.63. The van der Waals surface area contributed by atoms with Crippen LogP contribution in [-0.2, 0) is 0 Å². The lowest BCUT2D eigenvalue weighted by atomic mass is 10.2. The minimum Gasteiger partial charge on any atom is -0.455 e. The molecule has 1 heterocycles. The summed E-state index contributed by atoms with van der Waals surface area (Å²) in [4.78, 5) is 14.1. The van der Waals surface area contributed by atoms with Crippen molar-refractivity contribution in [3.63, 3.8) is 0 Å². The van der Waals surface area contributed by atoms with Gasteiger partial charge in [0.05, 0.1) is 22.9 Å². The fraction of sp³-hybridized carbons (Fsp3) is 0.0833. The summed E-state index contributed by atoms with van der Waals surface area (Å²) in [7, 11) is 0. The van der Waals surface area contributed by atoms with E-state index in [-0.39, 0.29) is 5.69 Å². The summed E-state index contributed by atoms with van der Waals surface area (Å²) >= 11 is 0. The number of aromatic nitrogens is 1. The van der Waals surface area contributed by atoms with Crippen LogP contribution in [0.4, 0.5) is 11.4 Å². The van der Waals surface area contributed by atoms with Crippen LogP contribution in [-0.4, -0.2) is 9.91 Å². The third-order valence-corrected chi connectivity index (χ3v) is 2.41. The third kappa shape index (κ3) is 2.37. The molecule has 2 N–H and O–H groups in total. The van der Waals surface area contributed by atoms with Crippen LogP contribution >= 0.6 is 0 Å². The van der Waals surface area contributed by atoms with E-state index < -0.39 is 4.92 Å². The van der Waals surface area contributed by atoms with Crippen molar-refractivity contribution in [3.8, 4) is 11.5 Å². The molecule has 0 saturated carbocycles. The Kier molecular flexibility index (Phi) is 3.09. The molecule has 0 aliphatic carbocycles. The van der Waals surface area contributed by atoms with Crippen molar-refractivity contribution < 1.29 is 9.66 Å². The van der Waals surface area contributed by atoms with Crippen LogP contribution in [0.15, 0.2) is 36.7 Å². The number of hydrogen-bond acceptors (Lipinski definition) is 5. The van der Waals surface area contributed by atoms with Gasteiger partial charge in [0.1, 0.15) is 5.75 Å². The number of nitrogen functional groups attached to an aromatic ring is 1. The number of nitro groups is 1. The lowest BCUT2D eigenvalue weighted by Crippen LogP contribution is -1.95. The van der Waals surface area contributed by atoms with Crippen LogP contribution in [0, 0.1) is 17.0 Å². The van der Waals surface area contributed by atoms with E-state index in [1.165, 1.54) is 18.3 Å².